The highest BCUT2D eigenvalue weighted by molar-refractivity contribution is 5.94. The number of benzene rings is 1. The average Bonchev–Trinajstić information content (AvgIpc) is 2.60. The highest BCUT2D eigenvalue weighted by Crippen LogP contribution is 2.21. The molecule has 1 heterocycles. The number of hydrogen-bond donors (Lipinski definition) is 2. The summed E-state index contributed by atoms with van der Waals surface area (Å²) in [5.74, 6) is 2.71. The molecule has 2 rings (SSSR count). The largest absolute Gasteiger partial charge is 0.435 e. The molecule has 7 heteroatoms. The first-order valence-electron chi connectivity index (χ1n) is 7.48. The fourth-order valence-corrected chi connectivity index (χ4v) is 2.09. The van der Waals surface area contributed by atoms with Crippen LogP contribution in [0.3, 0.4) is 0 Å². The second-order valence-corrected chi connectivity index (χ2v) is 5.13. The lowest BCUT2D eigenvalue weighted by molar-refractivity contribution is -0.0498. The van der Waals surface area contributed by atoms with Crippen molar-refractivity contribution in [2.24, 2.45) is 0 Å². The van der Waals surface area contributed by atoms with Gasteiger partial charge in [-0.25, -0.2) is 4.98 Å². The topological polar surface area (TPSA) is 63.2 Å². The number of nitrogens with zero attached hydrogens (tertiary/aromatic N) is 1. The number of rotatable bonds is 7. The monoisotopic (exact) mass is 345 g/mol. The van der Waals surface area contributed by atoms with Crippen LogP contribution in [0.25, 0.3) is 0 Å². The molecular formula is C18H17F2N3O2. The van der Waals surface area contributed by atoms with Gasteiger partial charge in [-0.15, -0.1) is 6.42 Å². The van der Waals surface area contributed by atoms with Crippen LogP contribution >= 0.6 is 0 Å². The van der Waals surface area contributed by atoms with E-state index in [-0.39, 0.29) is 24.2 Å². The van der Waals surface area contributed by atoms with E-state index in [1.54, 1.807) is 24.3 Å². The van der Waals surface area contributed by atoms with Crippen molar-refractivity contribution in [1.29, 1.82) is 0 Å². The number of amides is 1. The summed E-state index contributed by atoms with van der Waals surface area (Å²) in [6.45, 7) is -0.791. The molecule has 0 saturated heterocycles. The Morgan fingerprint density at radius 1 is 1.28 bits per heavy atom. The minimum absolute atomic E-state index is 0.103. The number of terminal acetylenes is 1. The summed E-state index contributed by atoms with van der Waals surface area (Å²) in [6, 6.07) is 9.53. The zero-order valence-corrected chi connectivity index (χ0v) is 13.5. The Kier molecular flexibility index (Phi) is 6.29. The van der Waals surface area contributed by atoms with Crippen molar-refractivity contribution in [1.82, 2.24) is 10.3 Å². The van der Waals surface area contributed by atoms with Gasteiger partial charge in [0.15, 0.2) is 0 Å². The predicted molar refractivity (Wildman–Crippen MR) is 90.5 cm³/mol. The number of ether oxygens (including phenoxy) is 1. The fraction of sp³-hybridized carbons (Fsp3) is 0.222. The van der Waals surface area contributed by atoms with Gasteiger partial charge >= 0.3 is 6.61 Å². The van der Waals surface area contributed by atoms with Crippen LogP contribution in [0.2, 0.25) is 0 Å². The number of alkyl halides is 2. The molecule has 0 aliphatic carbocycles. The van der Waals surface area contributed by atoms with Crippen molar-refractivity contribution >= 4 is 11.7 Å². The van der Waals surface area contributed by atoms with Crippen LogP contribution in [0.4, 0.5) is 14.6 Å². The van der Waals surface area contributed by atoms with E-state index in [1.165, 1.54) is 18.3 Å². The molecule has 5 nitrogen and oxygen atoms in total. The van der Waals surface area contributed by atoms with Gasteiger partial charge in [-0.05, 0) is 36.8 Å². The Bertz CT molecular complexity index is 740. The van der Waals surface area contributed by atoms with E-state index in [0.717, 1.165) is 5.56 Å². The van der Waals surface area contributed by atoms with Crippen molar-refractivity contribution in [2.75, 3.05) is 11.9 Å². The third-order valence-corrected chi connectivity index (χ3v) is 3.35. The van der Waals surface area contributed by atoms with Gasteiger partial charge in [-0.2, -0.15) is 8.78 Å². The minimum Gasteiger partial charge on any atom is -0.435 e. The molecular weight excluding hydrogens is 328 g/mol. The van der Waals surface area contributed by atoms with Crippen molar-refractivity contribution in [3.05, 3.63) is 53.7 Å². The summed E-state index contributed by atoms with van der Waals surface area (Å²) in [6.07, 6.45) is 6.53. The van der Waals surface area contributed by atoms with Crippen molar-refractivity contribution < 1.29 is 18.3 Å². The second kappa shape index (κ2) is 8.64. The molecule has 1 amide bonds. The quantitative estimate of drug-likeness (QED) is 0.757. The highest BCUT2D eigenvalue weighted by atomic mass is 19.3. The van der Waals surface area contributed by atoms with Crippen LogP contribution < -0.4 is 15.4 Å². The van der Waals surface area contributed by atoms with E-state index < -0.39 is 6.61 Å². The molecule has 0 aliphatic heterocycles. The van der Waals surface area contributed by atoms with Crippen LogP contribution in [0.1, 0.15) is 28.9 Å². The van der Waals surface area contributed by atoms with E-state index in [9.17, 15) is 13.6 Å². The molecule has 1 aromatic carbocycles. The standard InChI is InChI=1S/C18H17F2N3O2/c1-3-10-21-17(24)14-6-9-16(22-11-14)23-12(2)13-4-7-15(8-5-13)25-18(19)20/h1,4-9,11-12,18H,10H2,2H3,(H,21,24)(H,22,23). The number of halogens is 2. The molecule has 25 heavy (non-hydrogen) atoms. The highest BCUT2D eigenvalue weighted by Gasteiger charge is 2.09. The van der Waals surface area contributed by atoms with Gasteiger partial charge in [0.2, 0.25) is 0 Å². The Morgan fingerprint density at radius 2 is 2.00 bits per heavy atom. The first kappa shape index (κ1) is 18.2. The molecule has 1 atom stereocenters. The van der Waals surface area contributed by atoms with E-state index in [2.05, 4.69) is 26.3 Å². The Hall–Kier alpha value is -3.14. The van der Waals surface area contributed by atoms with E-state index in [0.29, 0.717) is 11.4 Å². The number of nitrogens with one attached hydrogen (secondary N) is 2. The number of carbonyl (C=O) groups is 1. The molecule has 130 valence electrons. The van der Waals surface area contributed by atoms with E-state index in [4.69, 9.17) is 6.42 Å². The van der Waals surface area contributed by atoms with Crippen LogP contribution in [0, 0.1) is 12.3 Å². The summed E-state index contributed by atoms with van der Waals surface area (Å²) >= 11 is 0. The normalized spacial score (nSPS) is 11.5. The van der Waals surface area contributed by atoms with Gasteiger partial charge in [-0.1, -0.05) is 18.1 Å². The van der Waals surface area contributed by atoms with Crippen LogP contribution in [0.5, 0.6) is 5.75 Å². The molecule has 1 unspecified atom stereocenters. The smallest absolute Gasteiger partial charge is 0.387 e. The number of anilines is 1. The zero-order valence-electron chi connectivity index (χ0n) is 13.5. The first-order chi connectivity index (χ1) is 12.0. The summed E-state index contributed by atoms with van der Waals surface area (Å²) in [4.78, 5) is 15.9. The van der Waals surface area contributed by atoms with Gasteiger partial charge in [0.05, 0.1) is 12.1 Å². The number of pyridine rings is 1. The number of carbonyl (C=O) groups excluding carboxylic acids is 1. The number of aromatic nitrogens is 1. The minimum atomic E-state index is -2.85. The Balaban J connectivity index is 1.97. The third kappa shape index (κ3) is 5.46. The fourth-order valence-electron chi connectivity index (χ4n) is 2.09. The van der Waals surface area contributed by atoms with Crippen molar-refractivity contribution in [3.63, 3.8) is 0 Å². The third-order valence-electron chi connectivity index (χ3n) is 3.35. The first-order valence-corrected chi connectivity index (χ1v) is 7.48. The van der Waals surface area contributed by atoms with Crippen LogP contribution in [-0.4, -0.2) is 24.0 Å². The van der Waals surface area contributed by atoms with Gasteiger partial charge in [-0.3, -0.25) is 4.79 Å². The SMILES string of the molecule is C#CCNC(=O)c1ccc(NC(C)c2ccc(OC(F)F)cc2)nc1. The zero-order chi connectivity index (χ0) is 18.2. The summed E-state index contributed by atoms with van der Waals surface area (Å²) < 4.78 is 28.6. The Morgan fingerprint density at radius 3 is 2.56 bits per heavy atom. The maximum atomic E-state index is 12.1. The maximum absolute atomic E-state index is 12.1. The van der Waals surface area contributed by atoms with Crippen LogP contribution in [0.15, 0.2) is 42.6 Å². The average molecular weight is 345 g/mol. The molecule has 0 aliphatic rings. The van der Waals surface area contributed by atoms with Crippen LogP contribution in [-0.2, 0) is 0 Å². The molecule has 0 radical (unpaired) electrons. The van der Waals surface area contributed by atoms with E-state index >= 15 is 0 Å². The number of hydrogen-bond acceptors (Lipinski definition) is 4. The molecule has 0 bridgehead atoms. The molecule has 0 fully saturated rings. The molecule has 0 spiro atoms. The summed E-state index contributed by atoms with van der Waals surface area (Å²) in [7, 11) is 0. The van der Waals surface area contributed by atoms with Gasteiger partial charge in [0, 0.05) is 12.2 Å². The van der Waals surface area contributed by atoms with Gasteiger partial charge < -0.3 is 15.4 Å². The molecule has 0 saturated carbocycles. The van der Waals surface area contributed by atoms with E-state index in [1.807, 2.05) is 6.92 Å². The van der Waals surface area contributed by atoms with Gasteiger partial charge in [0.1, 0.15) is 11.6 Å². The Labute approximate surface area is 144 Å². The second-order valence-electron chi connectivity index (χ2n) is 5.13. The molecule has 2 N–H and O–H groups in total. The van der Waals surface area contributed by atoms with Crippen molar-refractivity contribution in [2.45, 2.75) is 19.6 Å². The summed E-state index contributed by atoms with van der Waals surface area (Å²) in [5.41, 5.74) is 1.28. The lowest BCUT2D eigenvalue weighted by Crippen LogP contribution is -2.23. The molecule has 2 aromatic rings. The lowest BCUT2D eigenvalue weighted by atomic mass is 10.1. The van der Waals surface area contributed by atoms with Gasteiger partial charge in [0.25, 0.3) is 5.91 Å². The molecule has 1 aromatic heterocycles. The summed E-state index contributed by atoms with van der Waals surface area (Å²) in [5, 5.41) is 5.72. The van der Waals surface area contributed by atoms with Crippen molar-refractivity contribution in [3.8, 4) is 18.1 Å². The maximum Gasteiger partial charge on any atom is 0.387 e. The lowest BCUT2D eigenvalue weighted by Gasteiger charge is -2.15. The predicted octanol–water partition coefficient (Wildman–Crippen LogP) is 3.22.